The zero-order valence-electron chi connectivity index (χ0n) is 5.95. The van der Waals surface area contributed by atoms with E-state index in [1.54, 1.807) is 6.08 Å². The quantitative estimate of drug-likeness (QED) is 0.595. The van der Waals surface area contributed by atoms with Crippen LogP contribution in [0.1, 0.15) is 5.56 Å². The van der Waals surface area contributed by atoms with Gasteiger partial charge in [0.1, 0.15) is 0 Å². The number of nitrogens with one attached hydrogen (secondary N) is 1. The lowest BCUT2D eigenvalue weighted by molar-refractivity contribution is 0.153. The minimum atomic E-state index is -0.787. The highest BCUT2D eigenvalue weighted by atomic mass is 16.3. The first-order valence-electron chi connectivity index (χ1n) is 3.56. The average molecular weight is 146 g/mol. The van der Waals surface area contributed by atoms with Gasteiger partial charge in [0.05, 0.1) is 0 Å². The second-order valence-electron chi connectivity index (χ2n) is 2.51. The van der Waals surface area contributed by atoms with Crippen LogP contribution in [0.2, 0.25) is 0 Å². The summed E-state index contributed by atoms with van der Waals surface area (Å²) in [6.07, 6.45) is 2.68. The van der Waals surface area contributed by atoms with Crippen molar-refractivity contribution in [3.05, 3.63) is 35.9 Å². The molecule has 0 aromatic heterocycles. The van der Waals surface area contributed by atoms with Crippen molar-refractivity contribution in [3.63, 3.8) is 0 Å². The Morgan fingerprint density at radius 2 is 2.09 bits per heavy atom. The van der Waals surface area contributed by atoms with Crippen molar-refractivity contribution in [2.24, 2.45) is 0 Å². The Balaban J connectivity index is 2.46. The predicted molar refractivity (Wildman–Crippen MR) is 43.6 cm³/mol. The van der Waals surface area contributed by atoms with E-state index in [0.717, 1.165) is 11.3 Å². The van der Waals surface area contributed by atoms with E-state index < -0.39 is 6.23 Å². The van der Waals surface area contributed by atoms with Crippen LogP contribution in [0.4, 0.5) is 5.69 Å². The van der Waals surface area contributed by atoms with Crippen molar-refractivity contribution in [3.8, 4) is 0 Å². The van der Waals surface area contributed by atoms with Gasteiger partial charge in [-0.3, -0.25) is 0 Å². The van der Waals surface area contributed by atoms with Gasteiger partial charge < -0.3 is 5.32 Å². The Kier molecular flexibility index (Phi) is 1.40. The van der Waals surface area contributed by atoms with E-state index in [4.69, 9.17) is 0 Å². The average Bonchev–Trinajstić information content (AvgIpc) is 2.04. The maximum absolute atomic E-state index is 10.9. The van der Waals surface area contributed by atoms with Crippen molar-refractivity contribution < 1.29 is 5.11 Å². The number of benzene rings is 1. The lowest BCUT2D eigenvalue weighted by atomic mass is 10.1. The molecule has 1 aromatic carbocycles. The first-order chi connectivity index (χ1) is 5.36. The molecule has 1 N–H and O–H groups in total. The molecular formula is C9H8NO. The van der Waals surface area contributed by atoms with Crippen molar-refractivity contribution in [1.29, 1.82) is 0 Å². The fourth-order valence-corrected chi connectivity index (χ4v) is 1.17. The van der Waals surface area contributed by atoms with Crippen LogP contribution in [-0.4, -0.2) is 6.23 Å². The van der Waals surface area contributed by atoms with Crippen LogP contribution in [0.5, 0.6) is 0 Å². The van der Waals surface area contributed by atoms with Gasteiger partial charge in [-0.1, -0.05) is 24.3 Å². The summed E-state index contributed by atoms with van der Waals surface area (Å²) < 4.78 is 0. The van der Waals surface area contributed by atoms with E-state index in [0.29, 0.717) is 0 Å². The van der Waals surface area contributed by atoms with Gasteiger partial charge in [-0.05, 0) is 17.7 Å². The van der Waals surface area contributed by atoms with E-state index in [1.165, 1.54) is 0 Å². The minimum Gasteiger partial charge on any atom is -0.354 e. The molecule has 1 aliphatic heterocycles. The second kappa shape index (κ2) is 2.40. The summed E-state index contributed by atoms with van der Waals surface area (Å²) in [6.45, 7) is 0. The molecule has 55 valence electrons. The molecule has 11 heavy (non-hydrogen) atoms. The topological polar surface area (TPSA) is 31.9 Å². The van der Waals surface area contributed by atoms with Gasteiger partial charge in [0.2, 0.25) is 0 Å². The number of para-hydroxylation sites is 1. The van der Waals surface area contributed by atoms with Crippen LogP contribution in [0, 0.1) is 0 Å². The van der Waals surface area contributed by atoms with E-state index in [2.05, 4.69) is 5.32 Å². The smallest absolute Gasteiger partial charge is 0.181 e. The third-order valence-electron chi connectivity index (χ3n) is 1.71. The summed E-state index contributed by atoms with van der Waals surface area (Å²) in [5.74, 6) is 0. The predicted octanol–water partition coefficient (Wildman–Crippen LogP) is 1.88. The molecule has 2 heteroatoms. The van der Waals surface area contributed by atoms with Gasteiger partial charge >= 0.3 is 0 Å². The summed E-state index contributed by atoms with van der Waals surface area (Å²) in [5, 5.41) is 13.7. The molecule has 1 aliphatic rings. The maximum atomic E-state index is 10.9. The van der Waals surface area contributed by atoms with E-state index in [1.807, 2.05) is 30.3 Å². The van der Waals surface area contributed by atoms with Gasteiger partial charge in [-0.2, -0.15) is 0 Å². The maximum Gasteiger partial charge on any atom is 0.181 e. The highest BCUT2D eigenvalue weighted by molar-refractivity contribution is 5.70. The lowest BCUT2D eigenvalue weighted by Gasteiger charge is -2.15. The normalized spacial score (nSPS) is 20.6. The molecule has 2 rings (SSSR count). The summed E-state index contributed by atoms with van der Waals surface area (Å²) in [7, 11) is 0. The third-order valence-corrected chi connectivity index (χ3v) is 1.71. The summed E-state index contributed by atoms with van der Waals surface area (Å²) >= 11 is 0. The number of fused-ring (bicyclic) bond motifs is 1. The molecule has 1 aromatic rings. The van der Waals surface area contributed by atoms with Crippen molar-refractivity contribution in [1.82, 2.24) is 0 Å². The molecule has 1 radical (unpaired) electrons. The molecule has 0 amide bonds. The van der Waals surface area contributed by atoms with Crippen molar-refractivity contribution in [2.75, 3.05) is 5.32 Å². The van der Waals surface area contributed by atoms with Crippen LogP contribution in [0.15, 0.2) is 30.3 Å². The van der Waals surface area contributed by atoms with Gasteiger partial charge in [-0.15, -0.1) is 0 Å². The number of hydrogen-bond donors (Lipinski definition) is 1. The number of hydrogen-bond acceptors (Lipinski definition) is 1. The molecule has 0 bridgehead atoms. The first kappa shape index (κ1) is 6.43. The molecule has 1 unspecified atom stereocenters. The lowest BCUT2D eigenvalue weighted by Crippen LogP contribution is -2.17. The third kappa shape index (κ3) is 1.12. The monoisotopic (exact) mass is 146 g/mol. The van der Waals surface area contributed by atoms with Gasteiger partial charge in [-0.25, -0.2) is 5.11 Å². The molecule has 1 heterocycles. The largest absolute Gasteiger partial charge is 0.354 e. The number of anilines is 1. The standard InChI is InChI=1S/C9H8NO/c11-9-6-5-7-3-1-2-4-8(7)10-9/h1-6,9-10H. The highest BCUT2D eigenvalue weighted by Gasteiger charge is 2.08. The van der Waals surface area contributed by atoms with Crippen molar-refractivity contribution >= 4 is 11.8 Å². The van der Waals surface area contributed by atoms with Gasteiger partial charge in [0, 0.05) is 5.69 Å². The fraction of sp³-hybridized carbons (Fsp3) is 0.111. The molecule has 0 spiro atoms. The Labute approximate surface area is 65.2 Å². The highest BCUT2D eigenvalue weighted by Crippen LogP contribution is 2.21. The molecule has 0 fully saturated rings. The Morgan fingerprint density at radius 3 is 3.00 bits per heavy atom. The fourth-order valence-electron chi connectivity index (χ4n) is 1.17. The Morgan fingerprint density at radius 1 is 1.27 bits per heavy atom. The summed E-state index contributed by atoms with van der Waals surface area (Å²) in [4.78, 5) is 0. The molecule has 0 saturated heterocycles. The van der Waals surface area contributed by atoms with E-state index >= 15 is 0 Å². The van der Waals surface area contributed by atoms with Gasteiger partial charge in [0.25, 0.3) is 0 Å². The zero-order valence-corrected chi connectivity index (χ0v) is 5.95. The number of rotatable bonds is 0. The molecule has 1 atom stereocenters. The molecule has 2 nitrogen and oxygen atoms in total. The first-order valence-corrected chi connectivity index (χ1v) is 3.56. The second-order valence-corrected chi connectivity index (χ2v) is 2.51. The van der Waals surface area contributed by atoms with Crippen molar-refractivity contribution in [2.45, 2.75) is 6.23 Å². The van der Waals surface area contributed by atoms with Crippen LogP contribution in [0.25, 0.3) is 6.08 Å². The summed E-state index contributed by atoms with van der Waals surface area (Å²) in [5.41, 5.74) is 2.01. The van der Waals surface area contributed by atoms with Crippen LogP contribution < -0.4 is 5.32 Å². The molecular weight excluding hydrogens is 138 g/mol. The van der Waals surface area contributed by atoms with E-state index in [-0.39, 0.29) is 0 Å². The SMILES string of the molecule is [O]C1C=Cc2ccccc2N1. The minimum absolute atomic E-state index is 0.787. The molecule has 0 aliphatic carbocycles. The molecule has 0 saturated carbocycles. The Hall–Kier alpha value is -1.28. The van der Waals surface area contributed by atoms with Crippen LogP contribution >= 0.6 is 0 Å². The Bertz CT molecular complexity index is 293. The van der Waals surface area contributed by atoms with Crippen LogP contribution in [-0.2, 0) is 5.11 Å². The van der Waals surface area contributed by atoms with E-state index in [9.17, 15) is 5.11 Å². The zero-order chi connectivity index (χ0) is 7.68. The summed E-state index contributed by atoms with van der Waals surface area (Å²) in [6, 6.07) is 7.75. The van der Waals surface area contributed by atoms with Crippen LogP contribution in [0.3, 0.4) is 0 Å². The van der Waals surface area contributed by atoms with Gasteiger partial charge in [0.15, 0.2) is 6.23 Å².